The highest BCUT2D eigenvalue weighted by atomic mass is 35.5. The van der Waals surface area contributed by atoms with Crippen LogP contribution in [0.5, 0.6) is 0 Å². The molecule has 192 valence electrons. The summed E-state index contributed by atoms with van der Waals surface area (Å²) in [6.07, 6.45) is 1.29. The lowest BCUT2D eigenvalue weighted by molar-refractivity contribution is -0.141. The minimum Gasteiger partial charge on any atom is -0.350 e. The average molecular weight is 563 g/mol. The summed E-state index contributed by atoms with van der Waals surface area (Å²) in [5.74, 6) is -0.945. The van der Waals surface area contributed by atoms with E-state index in [1.165, 1.54) is 17.0 Å². The van der Waals surface area contributed by atoms with Crippen LogP contribution in [0, 0.1) is 0 Å². The Hall–Kier alpha value is -2.00. The Morgan fingerprint density at radius 1 is 1.03 bits per heavy atom. The monoisotopic (exact) mass is 561 g/mol. The van der Waals surface area contributed by atoms with Crippen molar-refractivity contribution in [3.05, 3.63) is 63.1 Å². The van der Waals surface area contributed by atoms with Gasteiger partial charge in [-0.15, -0.1) is 0 Å². The molecule has 2 rings (SSSR count). The molecule has 0 aromatic heterocycles. The Morgan fingerprint density at radius 2 is 1.66 bits per heavy atom. The molecule has 0 aliphatic rings. The summed E-state index contributed by atoms with van der Waals surface area (Å²) in [5, 5.41) is 3.83. The highest BCUT2D eigenvalue weighted by Gasteiger charge is 2.33. The maximum absolute atomic E-state index is 13.7. The number of halogens is 3. The predicted molar refractivity (Wildman–Crippen MR) is 143 cm³/mol. The number of carbonyl (C=O) groups is 2. The van der Waals surface area contributed by atoms with Crippen LogP contribution in [0.25, 0.3) is 0 Å². The van der Waals surface area contributed by atoms with Crippen LogP contribution >= 0.6 is 34.8 Å². The van der Waals surface area contributed by atoms with E-state index < -0.39 is 34.1 Å². The fourth-order valence-corrected chi connectivity index (χ4v) is 5.07. The number of benzene rings is 2. The Kier molecular flexibility index (Phi) is 9.87. The lowest BCUT2D eigenvalue weighted by Crippen LogP contribution is -2.55. The van der Waals surface area contributed by atoms with Crippen molar-refractivity contribution in [2.45, 2.75) is 52.2 Å². The van der Waals surface area contributed by atoms with Gasteiger partial charge < -0.3 is 10.2 Å². The van der Waals surface area contributed by atoms with Gasteiger partial charge in [0.25, 0.3) is 0 Å². The smallest absolute Gasteiger partial charge is 0.244 e. The summed E-state index contributed by atoms with van der Waals surface area (Å²) in [6, 6.07) is 10.3. The minimum absolute atomic E-state index is 0.0228. The zero-order valence-electron chi connectivity index (χ0n) is 20.3. The minimum atomic E-state index is -3.88. The quantitative estimate of drug-likeness (QED) is 0.459. The molecule has 0 heterocycles. The van der Waals surface area contributed by atoms with Crippen LogP contribution in [0.4, 0.5) is 5.69 Å². The second-order valence-electron chi connectivity index (χ2n) is 9.14. The first-order valence-electron chi connectivity index (χ1n) is 10.9. The summed E-state index contributed by atoms with van der Waals surface area (Å²) < 4.78 is 26.2. The van der Waals surface area contributed by atoms with Crippen LogP contribution in [-0.4, -0.2) is 49.5 Å². The van der Waals surface area contributed by atoms with E-state index in [2.05, 4.69) is 5.32 Å². The molecule has 1 unspecified atom stereocenters. The van der Waals surface area contributed by atoms with E-state index >= 15 is 0 Å². The van der Waals surface area contributed by atoms with Crippen molar-refractivity contribution in [2.24, 2.45) is 0 Å². The summed E-state index contributed by atoms with van der Waals surface area (Å²) in [4.78, 5) is 28.2. The molecule has 11 heteroatoms. The highest BCUT2D eigenvalue weighted by molar-refractivity contribution is 7.92. The summed E-state index contributed by atoms with van der Waals surface area (Å²) in [5.41, 5.74) is 0.199. The van der Waals surface area contributed by atoms with E-state index in [1.807, 2.05) is 20.8 Å². The number of sulfonamides is 1. The van der Waals surface area contributed by atoms with E-state index in [-0.39, 0.29) is 23.2 Å². The van der Waals surface area contributed by atoms with Crippen molar-refractivity contribution < 1.29 is 18.0 Å². The molecule has 2 aromatic carbocycles. The third-order valence-corrected chi connectivity index (χ3v) is 7.07. The van der Waals surface area contributed by atoms with Gasteiger partial charge in [-0.25, -0.2) is 8.42 Å². The second-order valence-corrected chi connectivity index (χ2v) is 12.3. The van der Waals surface area contributed by atoms with Gasteiger partial charge in [-0.2, -0.15) is 0 Å². The predicted octanol–water partition coefficient (Wildman–Crippen LogP) is 5.13. The molecule has 0 spiro atoms. The number of amides is 2. The van der Waals surface area contributed by atoms with Crippen molar-refractivity contribution >= 4 is 62.3 Å². The summed E-state index contributed by atoms with van der Waals surface area (Å²) in [7, 11) is -3.88. The van der Waals surface area contributed by atoms with Crippen LogP contribution in [0.2, 0.25) is 15.1 Å². The van der Waals surface area contributed by atoms with Gasteiger partial charge in [0.05, 0.1) is 17.0 Å². The number of carbonyl (C=O) groups excluding carboxylic acids is 2. The Labute approximate surface area is 222 Å². The van der Waals surface area contributed by atoms with E-state index in [1.54, 1.807) is 37.3 Å². The number of anilines is 1. The third-order valence-electron chi connectivity index (χ3n) is 5.04. The van der Waals surface area contributed by atoms with Crippen LogP contribution < -0.4 is 9.62 Å². The molecule has 0 aliphatic heterocycles. The molecular weight excluding hydrogens is 533 g/mol. The molecular formula is C24H30Cl3N3O4S. The number of nitrogens with one attached hydrogen (secondary N) is 1. The number of nitrogens with zero attached hydrogens (tertiary/aromatic N) is 2. The fourth-order valence-electron chi connectivity index (χ4n) is 3.45. The molecule has 0 saturated carbocycles. The normalized spacial score (nSPS) is 12.7. The first-order chi connectivity index (χ1) is 16.1. The van der Waals surface area contributed by atoms with Crippen molar-refractivity contribution in [1.82, 2.24) is 10.2 Å². The van der Waals surface area contributed by atoms with Gasteiger partial charge in [0.1, 0.15) is 12.6 Å². The van der Waals surface area contributed by atoms with Gasteiger partial charge in [-0.1, -0.05) is 59.9 Å². The number of hydrogen-bond donors (Lipinski definition) is 1. The third kappa shape index (κ3) is 8.27. The first kappa shape index (κ1) is 29.2. The molecule has 0 bridgehead atoms. The molecule has 0 aliphatic carbocycles. The fraction of sp³-hybridized carbons (Fsp3) is 0.417. The zero-order valence-corrected chi connectivity index (χ0v) is 23.4. The van der Waals surface area contributed by atoms with Gasteiger partial charge in [-0.3, -0.25) is 13.9 Å². The number of para-hydroxylation sites is 1. The standard InChI is InChI=1S/C24H30Cl3N3O4S/c1-6-20(23(32)28-24(2,3)4)29(14-16-11-12-17(25)13-19(16)27)22(31)15-30(35(5,33)34)21-10-8-7-9-18(21)26/h7-13,20H,6,14-15H2,1-5H3,(H,28,32). The van der Waals surface area contributed by atoms with Crippen LogP contribution in [0.15, 0.2) is 42.5 Å². The maximum Gasteiger partial charge on any atom is 0.244 e. The molecule has 0 fully saturated rings. The van der Waals surface area contributed by atoms with E-state index in [0.29, 0.717) is 22.0 Å². The van der Waals surface area contributed by atoms with Gasteiger partial charge in [0.2, 0.25) is 21.8 Å². The van der Waals surface area contributed by atoms with E-state index in [4.69, 9.17) is 34.8 Å². The lowest BCUT2D eigenvalue weighted by atomic mass is 10.1. The number of hydrogen-bond acceptors (Lipinski definition) is 4. The molecule has 0 saturated heterocycles. The molecule has 2 amide bonds. The van der Waals surface area contributed by atoms with Crippen molar-refractivity contribution in [2.75, 3.05) is 17.1 Å². The molecule has 1 N–H and O–H groups in total. The van der Waals surface area contributed by atoms with Gasteiger partial charge in [0, 0.05) is 22.1 Å². The average Bonchev–Trinajstić information content (AvgIpc) is 2.71. The van der Waals surface area contributed by atoms with Crippen molar-refractivity contribution in [1.29, 1.82) is 0 Å². The highest BCUT2D eigenvalue weighted by Crippen LogP contribution is 2.28. The Bertz CT molecular complexity index is 1180. The molecule has 7 nitrogen and oxygen atoms in total. The molecule has 0 radical (unpaired) electrons. The van der Waals surface area contributed by atoms with Gasteiger partial charge in [0.15, 0.2) is 0 Å². The molecule has 1 atom stereocenters. The van der Waals surface area contributed by atoms with E-state index in [0.717, 1.165) is 10.6 Å². The summed E-state index contributed by atoms with van der Waals surface area (Å²) >= 11 is 18.6. The number of rotatable bonds is 9. The SMILES string of the molecule is CCC(C(=O)NC(C)(C)C)N(Cc1ccc(Cl)cc1Cl)C(=O)CN(c1ccccc1Cl)S(C)(=O)=O. The van der Waals surface area contributed by atoms with Gasteiger partial charge >= 0.3 is 0 Å². The Morgan fingerprint density at radius 3 is 2.17 bits per heavy atom. The van der Waals surface area contributed by atoms with Crippen LogP contribution in [-0.2, 0) is 26.2 Å². The Balaban J connectivity index is 2.51. The topological polar surface area (TPSA) is 86.8 Å². The van der Waals surface area contributed by atoms with Crippen molar-refractivity contribution in [3.63, 3.8) is 0 Å². The molecule has 2 aromatic rings. The maximum atomic E-state index is 13.7. The van der Waals surface area contributed by atoms with E-state index in [9.17, 15) is 18.0 Å². The first-order valence-corrected chi connectivity index (χ1v) is 13.9. The zero-order chi connectivity index (χ0) is 26.6. The van der Waals surface area contributed by atoms with Crippen LogP contribution in [0.3, 0.4) is 0 Å². The lowest BCUT2D eigenvalue weighted by Gasteiger charge is -2.34. The van der Waals surface area contributed by atoms with Crippen molar-refractivity contribution in [3.8, 4) is 0 Å². The second kappa shape index (κ2) is 11.8. The summed E-state index contributed by atoms with van der Waals surface area (Å²) in [6.45, 7) is 6.71. The van der Waals surface area contributed by atoms with Gasteiger partial charge in [-0.05, 0) is 57.0 Å². The molecule has 35 heavy (non-hydrogen) atoms. The largest absolute Gasteiger partial charge is 0.350 e. The van der Waals surface area contributed by atoms with Crippen LogP contribution in [0.1, 0.15) is 39.7 Å².